The van der Waals surface area contributed by atoms with Gasteiger partial charge in [0.2, 0.25) is 0 Å². The Balaban J connectivity index is 3.45. The van der Waals surface area contributed by atoms with Crippen LogP contribution in [0.15, 0.2) is 11.8 Å². The lowest BCUT2D eigenvalue weighted by Crippen LogP contribution is -1.92. The summed E-state index contributed by atoms with van der Waals surface area (Å²) in [7, 11) is 0. The summed E-state index contributed by atoms with van der Waals surface area (Å²) in [6.07, 6.45) is 3.14. The first kappa shape index (κ1) is 8.17. The van der Waals surface area contributed by atoms with Gasteiger partial charge >= 0.3 is 0 Å². The zero-order valence-electron chi connectivity index (χ0n) is 5.21. The Labute approximate surface area is 54.2 Å². The summed E-state index contributed by atoms with van der Waals surface area (Å²) in [5.74, 6) is 0. The molecular formula is C6H11NO2. The molecule has 0 aliphatic heterocycles. The van der Waals surface area contributed by atoms with Gasteiger partial charge < -0.3 is 10.8 Å². The lowest BCUT2D eigenvalue weighted by Gasteiger charge is -1.92. The van der Waals surface area contributed by atoms with E-state index in [1.165, 1.54) is 6.20 Å². The zero-order chi connectivity index (χ0) is 7.11. The number of aldehydes is 1. The third-order valence-corrected chi connectivity index (χ3v) is 0.989. The van der Waals surface area contributed by atoms with Gasteiger partial charge in [-0.05, 0) is 12.8 Å². The van der Waals surface area contributed by atoms with Gasteiger partial charge in [0, 0.05) is 18.4 Å². The number of hydrogen-bond acceptors (Lipinski definition) is 3. The Morgan fingerprint density at radius 3 is 2.67 bits per heavy atom. The first-order valence-corrected chi connectivity index (χ1v) is 2.82. The Morgan fingerprint density at radius 2 is 2.33 bits per heavy atom. The minimum Gasteiger partial charge on any atom is -0.404 e. The molecule has 52 valence electrons. The summed E-state index contributed by atoms with van der Waals surface area (Å²) in [5, 5.41) is 8.32. The fraction of sp³-hybridized carbons (Fsp3) is 0.500. The lowest BCUT2D eigenvalue weighted by atomic mass is 10.2. The molecule has 0 rings (SSSR count). The van der Waals surface area contributed by atoms with Crippen molar-refractivity contribution in [2.75, 3.05) is 6.61 Å². The van der Waals surface area contributed by atoms with Crippen molar-refractivity contribution < 1.29 is 9.90 Å². The van der Waals surface area contributed by atoms with Crippen LogP contribution < -0.4 is 5.73 Å². The Bertz CT molecular complexity index is 110. The third-order valence-electron chi connectivity index (χ3n) is 0.989. The molecule has 0 aromatic rings. The molecule has 0 aliphatic carbocycles. The van der Waals surface area contributed by atoms with Crippen LogP contribution in [0.1, 0.15) is 12.8 Å². The summed E-state index contributed by atoms with van der Waals surface area (Å²) in [6.45, 7) is 0.102. The Hall–Kier alpha value is -0.830. The van der Waals surface area contributed by atoms with Crippen LogP contribution in [0, 0.1) is 0 Å². The highest BCUT2D eigenvalue weighted by Gasteiger charge is 1.91. The van der Waals surface area contributed by atoms with Crippen LogP contribution in [0.2, 0.25) is 0 Å². The molecule has 0 bridgehead atoms. The van der Waals surface area contributed by atoms with Gasteiger partial charge in [0.05, 0.1) is 0 Å². The van der Waals surface area contributed by atoms with Gasteiger partial charge in [0.1, 0.15) is 6.29 Å². The van der Waals surface area contributed by atoms with Crippen molar-refractivity contribution in [3.63, 3.8) is 0 Å². The first-order valence-electron chi connectivity index (χ1n) is 2.82. The molecule has 0 aromatic carbocycles. The van der Waals surface area contributed by atoms with Crippen LogP contribution in [0.5, 0.6) is 0 Å². The molecule has 0 saturated carbocycles. The quantitative estimate of drug-likeness (QED) is 0.408. The fourth-order valence-electron chi connectivity index (χ4n) is 0.465. The van der Waals surface area contributed by atoms with Crippen LogP contribution in [-0.4, -0.2) is 18.0 Å². The number of carbonyl (C=O) groups excluding carboxylic acids is 1. The molecule has 3 N–H and O–H groups in total. The second-order valence-corrected chi connectivity index (χ2v) is 1.69. The van der Waals surface area contributed by atoms with Crippen molar-refractivity contribution in [1.82, 2.24) is 0 Å². The van der Waals surface area contributed by atoms with E-state index in [4.69, 9.17) is 10.8 Å². The second-order valence-electron chi connectivity index (χ2n) is 1.69. The largest absolute Gasteiger partial charge is 0.404 e. The van der Waals surface area contributed by atoms with Gasteiger partial charge in [-0.15, -0.1) is 0 Å². The van der Waals surface area contributed by atoms with E-state index in [-0.39, 0.29) is 6.61 Å². The van der Waals surface area contributed by atoms with Crippen molar-refractivity contribution in [3.05, 3.63) is 11.8 Å². The van der Waals surface area contributed by atoms with Gasteiger partial charge in [-0.2, -0.15) is 0 Å². The second kappa shape index (κ2) is 5.31. The number of aliphatic hydroxyl groups excluding tert-OH is 1. The standard InChI is InChI=1S/C6H11NO2/c7-4-6(5-9)2-1-3-8/h4-5,8H,1-3,7H2/b6-4-. The van der Waals surface area contributed by atoms with Crippen LogP contribution in [0.25, 0.3) is 0 Å². The molecule has 0 radical (unpaired) electrons. The molecule has 3 heteroatoms. The van der Waals surface area contributed by atoms with E-state index in [2.05, 4.69) is 0 Å². The van der Waals surface area contributed by atoms with Gasteiger partial charge in [-0.25, -0.2) is 0 Å². The molecule has 0 aliphatic rings. The molecule has 0 aromatic heterocycles. The highest BCUT2D eigenvalue weighted by Crippen LogP contribution is 1.97. The number of carbonyl (C=O) groups is 1. The summed E-state index contributed by atoms with van der Waals surface area (Å²) in [4.78, 5) is 10.0. The molecule has 0 spiro atoms. The van der Waals surface area contributed by atoms with E-state index >= 15 is 0 Å². The zero-order valence-corrected chi connectivity index (χ0v) is 5.21. The number of hydrogen-bond donors (Lipinski definition) is 2. The SMILES string of the molecule is N/C=C(\C=O)CCCO. The predicted molar refractivity (Wildman–Crippen MR) is 34.7 cm³/mol. The monoisotopic (exact) mass is 129 g/mol. The van der Waals surface area contributed by atoms with Gasteiger partial charge in [0.15, 0.2) is 0 Å². The van der Waals surface area contributed by atoms with Crippen LogP contribution in [0.3, 0.4) is 0 Å². The number of allylic oxidation sites excluding steroid dienone is 1. The van der Waals surface area contributed by atoms with Crippen LogP contribution in [-0.2, 0) is 4.79 Å². The predicted octanol–water partition coefficient (Wildman–Crippen LogP) is -0.200. The van der Waals surface area contributed by atoms with Gasteiger partial charge in [-0.1, -0.05) is 0 Å². The van der Waals surface area contributed by atoms with Crippen molar-refractivity contribution >= 4 is 6.29 Å². The lowest BCUT2D eigenvalue weighted by molar-refractivity contribution is -0.105. The highest BCUT2D eigenvalue weighted by molar-refractivity contribution is 5.72. The number of rotatable bonds is 4. The van der Waals surface area contributed by atoms with E-state index in [1.54, 1.807) is 0 Å². The summed E-state index contributed by atoms with van der Waals surface area (Å²) in [6, 6.07) is 0. The van der Waals surface area contributed by atoms with Crippen molar-refractivity contribution in [3.8, 4) is 0 Å². The maximum absolute atomic E-state index is 10.0. The van der Waals surface area contributed by atoms with Crippen LogP contribution in [0.4, 0.5) is 0 Å². The van der Waals surface area contributed by atoms with E-state index in [0.717, 1.165) is 0 Å². The minimum absolute atomic E-state index is 0.102. The molecular weight excluding hydrogens is 118 g/mol. The molecule has 0 saturated heterocycles. The van der Waals surface area contributed by atoms with E-state index in [9.17, 15) is 4.79 Å². The first-order chi connectivity index (χ1) is 4.35. The van der Waals surface area contributed by atoms with Gasteiger partial charge in [0.25, 0.3) is 0 Å². The molecule has 0 unspecified atom stereocenters. The fourth-order valence-corrected chi connectivity index (χ4v) is 0.465. The normalized spacial score (nSPS) is 11.4. The smallest absolute Gasteiger partial charge is 0.147 e. The maximum atomic E-state index is 10.0. The van der Waals surface area contributed by atoms with Crippen molar-refractivity contribution in [2.45, 2.75) is 12.8 Å². The van der Waals surface area contributed by atoms with E-state index in [1.807, 2.05) is 0 Å². The molecule has 3 nitrogen and oxygen atoms in total. The topological polar surface area (TPSA) is 63.3 Å². The summed E-state index contributed by atoms with van der Waals surface area (Å²) >= 11 is 0. The van der Waals surface area contributed by atoms with Crippen LogP contribution >= 0.6 is 0 Å². The highest BCUT2D eigenvalue weighted by atomic mass is 16.2. The molecule has 0 atom stereocenters. The molecule has 0 fully saturated rings. The summed E-state index contributed by atoms with van der Waals surface area (Å²) < 4.78 is 0. The Kier molecular flexibility index (Phi) is 4.82. The number of aliphatic hydroxyl groups is 1. The Morgan fingerprint density at radius 1 is 1.67 bits per heavy atom. The van der Waals surface area contributed by atoms with Gasteiger partial charge in [-0.3, -0.25) is 4.79 Å². The van der Waals surface area contributed by atoms with E-state index in [0.29, 0.717) is 24.7 Å². The molecule has 0 amide bonds. The minimum atomic E-state index is 0.102. The average Bonchev–Trinajstić information content (AvgIpc) is 1.91. The van der Waals surface area contributed by atoms with Crippen molar-refractivity contribution in [1.29, 1.82) is 0 Å². The third kappa shape index (κ3) is 3.73. The number of nitrogens with two attached hydrogens (primary N) is 1. The average molecular weight is 129 g/mol. The molecule has 0 heterocycles. The molecule has 9 heavy (non-hydrogen) atoms. The van der Waals surface area contributed by atoms with Crippen molar-refractivity contribution in [2.24, 2.45) is 5.73 Å². The summed E-state index contributed by atoms with van der Waals surface area (Å²) in [5.41, 5.74) is 5.59. The maximum Gasteiger partial charge on any atom is 0.147 e. The van der Waals surface area contributed by atoms with E-state index < -0.39 is 0 Å².